The number of amides is 1. The van der Waals surface area contributed by atoms with Crippen LogP contribution < -0.4 is 0 Å². The third-order valence-corrected chi connectivity index (χ3v) is 10.1. The fourth-order valence-corrected chi connectivity index (χ4v) is 8.17. The lowest BCUT2D eigenvalue weighted by Gasteiger charge is -2.57. The molecule has 1 N–H and O–H groups in total. The molecular formula is C34H51N3O2. The van der Waals surface area contributed by atoms with Crippen LogP contribution in [-0.2, 0) is 6.42 Å². The smallest absolute Gasteiger partial charge is 0.253 e. The molecule has 0 spiro atoms. The van der Waals surface area contributed by atoms with Crippen molar-refractivity contribution in [2.24, 2.45) is 17.3 Å². The number of fused-ring (bicyclic) bond motifs is 1. The second-order valence-corrected chi connectivity index (χ2v) is 12.4. The van der Waals surface area contributed by atoms with E-state index in [-0.39, 0.29) is 17.4 Å². The molecule has 2 aromatic rings. The van der Waals surface area contributed by atoms with Gasteiger partial charge in [-0.25, -0.2) is 0 Å². The summed E-state index contributed by atoms with van der Waals surface area (Å²) in [6.45, 7) is 8.13. The van der Waals surface area contributed by atoms with Gasteiger partial charge >= 0.3 is 0 Å². The Morgan fingerprint density at radius 3 is 2.38 bits per heavy atom. The number of phenols is 1. The largest absolute Gasteiger partial charge is 0.508 e. The summed E-state index contributed by atoms with van der Waals surface area (Å²) in [7, 11) is 6.38. The molecular weight excluding hydrogens is 482 g/mol. The van der Waals surface area contributed by atoms with Crippen LogP contribution in [0.15, 0.2) is 54.6 Å². The lowest BCUT2D eigenvalue weighted by atomic mass is 9.57. The first-order valence-electron chi connectivity index (χ1n) is 15.3. The average molecular weight is 534 g/mol. The van der Waals surface area contributed by atoms with Crippen molar-refractivity contribution in [3.63, 3.8) is 0 Å². The molecule has 1 saturated carbocycles. The predicted molar refractivity (Wildman–Crippen MR) is 161 cm³/mol. The fraction of sp³-hybridized carbons (Fsp3) is 0.618. The van der Waals surface area contributed by atoms with Crippen molar-refractivity contribution in [2.45, 2.75) is 77.3 Å². The number of benzene rings is 2. The highest BCUT2D eigenvalue weighted by molar-refractivity contribution is 5.94. The summed E-state index contributed by atoms with van der Waals surface area (Å²) < 4.78 is 0. The monoisotopic (exact) mass is 533 g/mol. The number of carbonyl (C=O) groups excluding carboxylic acids is 1. The van der Waals surface area contributed by atoms with E-state index in [1.54, 1.807) is 0 Å². The van der Waals surface area contributed by atoms with Crippen molar-refractivity contribution in [3.05, 3.63) is 65.7 Å². The van der Waals surface area contributed by atoms with Crippen LogP contribution in [0.25, 0.3) is 0 Å². The highest BCUT2D eigenvalue weighted by Gasteiger charge is 2.54. The molecule has 0 bridgehead atoms. The summed E-state index contributed by atoms with van der Waals surface area (Å²) in [6.07, 6.45) is 9.16. The second-order valence-electron chi connectivity index (χ2n) is 12.4. The summed E-state index contributed by atoms with van der Waals surface area (Å²) >= 11 is 0. The lowest BCUT2D eigenvalue weighted by Crippen LogP contribution is -2.60. The molecule has 1 heterocycles. The van der Waals surface area contributed by atoms with E-state index in [0.717, 1.165) is 50.9 Å². The summed E-state index contributed by atoms with van der Waals surface area (Å²) in [5.41, 5.74) is 2.33. The fourth-order valence-electron chi connectivity index (χ4n) is 8.17. The van der Waals surface area contributed by atoms with Crippen LogP contribution in [-0.4, -0.2) is 78.6 Å². The van der Waals surface area contributed by atoms with Crippen molar-refractivity contribution in [3.8, 4) is 5.75 Å². The Balaban J connectivity index is 1.66. The molecule has 2 aliphatic rings. The van der Waals surface area contributed by atoms with Crippen LogP contribution in [0, 0.1) is 17.3 Å². The number of piperidine rings is 1. The van der Waals surface area contributed by atoms with Crippen molar-refractivity contribution < 1.29 is 9.90 Å². The zero-order valence-corrected chi connectivity index (χ0v) is 25.0. The van der Waals surface area contributed by atoms with Crippen LogP contribution >= 0.6 is 0 Å². The Kier molecular flexibility index (Phi) is 10.1. The molecule has 1 amide bonds. The lowest BCUT2D eigenvalue weighted by molar-refractivity contribution is -0.0719. The first kappa shape index (κ1) is 29.6. The van der Waals surface area contributed by atoms with Gasteiger partial charge in [-0.05, 0) is 119 Å². The van der Waals surface area contributed by atoms with Crippen LogP contribution in [0.5, 0.6) is 5.75 Å². The molecule has 1 saturated heterocycles. The van der Waals surface area contributed by atoms with E-state index in [1.807, 2.05) is 49.5 Å². The molecule has 0 radical (unpaired) electrons. The summed E-state index contributed by atoms with van der Waals surface area (Å²) in [5, 5.41) is 9.93. The van der Waals surface area contributed by atoms with Gasteiger partial charge in [-0.3, -0.25) is 9.69 Å². The van der Waals surface area contributed by atoms with Crippen molar-refractivity contribution >= 4 is 5.91 Å². The van der Waals surface area contributed by atoms with E-state index >= 15 is 0 Å². The number of hydrogen-bond donors (Lipinski definition) is 1. The van der Waals surface area contributed by atoms with Gasteiger partial charge in [0.25, 0.3) is 5.91 Å². The Hall–Kier alpha value is -2.37. The van der Waals surface area contributed by atoms with Crippen LogP contribution in [0.3, 0.4) is 0 Å². The van der Waals surface area contributed by atoms with Crippen molar-refractivity contribution in [2.75, 3.05) is 40.8 Å². The van der Waals surface area contributed by atoms with E-state index in [0.29, 0.717) is 23.6 Å². The van der Waals surface area contributed by atoms with E-state index < -0.39 is 0 Å². The number of nitrogens with zero attached hydrogens (tertiary/aromatic N) is 3. The number of likely N-dealkylation sites (tertiary alicyclic amines) is 1. The number of carbonyl (C=O) groups is 1. The molecule has 5 atom stereocenters. The second kappa shape index (κ2) is 13.3. The van der Waals surface area contributed by atoms with E-state index in [1.165, 1.54) is 31.2 Å². The van der Waals surface area contributed by atoms with Crippen molar-refractivity contribution in [1.29, 1.82) is 0 Å². The first-order valence-corrected chi connectivity index (χ1v) is 15.3. The molecule has 0 aromatic heterocycles. The summed E-state index contributed by atoms with van der Waals surface area (Å²) in [6, 6.07) is 18.5. The average Bonchev–Trinajstić information content (AvgIpc) is 3.11. The zero-order chi connectivity index (χ0) is 28.0. The highest BCUT2D eigenvalue weighted by Crippen LogP contribution is 2.55. The SMILES string of the molecule is CCC1C(N(C)C(=O)c2ccccc2)CCCC2(CC)C1CCN(CCCN(C)C)C2Cc1ccc(O)cc1. The van der Waals surface area contributed by atoms with E-state index in [4.69, 9.17) is 0 Å². The normalized spacial score (nSPS) is 27.6. The molecule has 4 rings (SSSR count). The highest BCUT2D eigenvalue weighted by atomic mass is 16.3. The Labute approximate surface area is 237 Å². The topological polar surface area (TPSA) is 47.0 Å². The number of aromatic hydroxyl groups is 1. The minimum Gasteiger partial charge on any atom is -0.508 e. The molecule has 1 aliphatic heterocycles. The maximum absolute atomic E-state index is 13.6. The zero-order valence-electron chi connectivity index (χ0n) is 25.0. The summed E-state index contributed by atoms with van der Waals surface area (Å²) in [4.78, 5) is 20.8. The first-order chi connectivity index (χ1) is 18.8. The Bertz CT molecular complexity index is 1040. The Morgan fingerprint density at radius 2 is 1.74 bits per heavy atom. The molecule has 214 valence electrons. The van der Waals surface area contributed by atoms with Gasteiger partial charge in [0.15, 0.2) is 0 Å². The van der Waals surface area contributed by atoms with Gasteiger partial charge in [0.2, 0.25) is 0 Å². The minimum atomic E-state index is 0.157. The molecule has 5 heteroatoms. The number of rotatable bonds is 10. The minimum absolute atomic E-state index is 0.157. The van der Waals surface area contributed by atoms with Crippen LogP contribution in [0.4, 0.5) is 0 Å². The van der Waals surface area contributed by atoms with Crippen LogP contribution in [0.2, 0.25) is 0 Å². The molecule has 2 aromatic carbocycles. The van der Waals surface area contributed by atoms with Gasteiger partial charge < -0.3 is 14.9 Å². The molecule has 1 aliphatic carbocycles. The quantitative estimate of drug-likeness (QED) is 0.388. The molecule has 5 nitrogen and oxygen atoms in total. The summed E-state index contributed by atoms with van der Waals surface area (Å²) in [5.74, 6) is 1.59. The van der Waals surface area contributed by atoms with Gasteiger partial charge in [0.05, 0.1) is 0 Å². The third kappa shape index (κ3) is 6.52. The van der Waals surface area contributed by atoms with E-state index in [2.05, 4.69) is 54.8 Å². The van der Waals surface area contributed by atoms with Gasteiger partial charge in [-0.1, -0.05) is 57.0 Å². The molecule has 2 fully saturated rings. The predicted octanol–water partition coefficient (Wildman–Crippen LogP) is 6.32. The standard InChI is InChI=1S/C34H51N3O2/c1-6-29-30-20-24-37(23-12-22-35(3)4)32(25-26-16-18-28(38)19-17-26)34(30,7-2)21-11-15-31(29)36(5)33(39)27-13-9-8-10-14-27/h8-10,13-14,16-19,29-32,38H,6-7,11-12,15,20-25H2,1-5H3. The maximum atomic E-state index is 13.6. The Morgan fingerprint density at radius 1 is 1.03 bits per heavy atom. The van der Waals surface area contributed by atoms with Gasteiger partial charge in [-0.2, -0.15) is 0 Å². The van der Waals surface area contributed by atoms with Gasteiger partial charge in [0, 0.05) is 24.7 Å². The van der Waals surface area contributed by atoms with Gasteiger partial charge in [0.1, 0.15) is 5.75 Å². The van der Waals surface area contributed by atoms with Gasteiger partial charge in [-0.15, -0.1) is 0 Å². The third-order valence-electron chi connectivity index (χ3n) is 10.1. The van der Waals surface area contributed by atoms with Crippen LogP contribution in [0.1, 0.15) is 74.7 Å². The number of hydrogen-bond acceptors (Lipinski definition) is 4. The molecule has 5 unspecified atom stereocenters. The molecule has 39 heavy (non-hydrogen) atoms. The number of phenolic OH excluding ortho intramolecular Hbond substituents is 1. The van der Waals surface area contributed by atoms with Crippen molar-refractivity contribution in [1.82, 2.24) is 14.7 Å². The maximum Gasteiger partial charge on any atom is 0.253 e. The van der Waals surface area contributed by atoms with E-state index in [9.17, 15) is 9.90 Å².